The van der Waals surface area contributed by atoms with Gasteiger partial charge in [0.1, 0.15) is 0 Å². The second-order valence-corrected chi connectivity index (χ2v) is 3.87. The summed E-state index contributed by atoms with van der Waals surface area (Å²) >= 11 is 0. The van der Waals surface area contributed by atoms with Crippen LogP contribution >= 0.6 is 0 Å². The average molecular weight is 198 g/mol. The molecule has 1 aromatic carbocycles. The zero-order valence-corrected chi connectivity index (χ0v) is 8.88. The fourth-order valence-electron chi connectivity index (χ4n) is 1.95. The van der Waals surface area contributed by atoms with E-state index in [2.05, 4.69) is 18.3 Å². The average Bonchev–Trinajstić information content (AvgIpc) is 2.30. The summed E-state index contributed by atoms with van der Waals surface area (Å²) in [5.74, 6) is 0. The molecule has 15 heavy (non-hydrogen) atoms. The Balaban J connectivity index is 2.33. The van der Waals surface area contributed by atoms with Crippen LogP contribution in [0.3, 0.4) is 0 Å². The smallest absolute Gasteiger partial charge is 0.0991 e. The molecule has 2 rings (SSSR count). The molecule has 0 radical (unpaired) electrons. The summed E-state index contributed by atoms with van der Waals surface area (Å²) in [6, 6.07) is 10.0. The van der Waals surface area contributed by atoms with Gasteiger partial charge in [-0.1, -0.05) is 17.7 Å². The first-order valence-corrected chi connectivity index (χ1v) is 5.21. The lowest BCUT2D eigenvalue weighted by atomic mass is 9.95. The van der Waals surface area contributed by atoms with E-state index in [1.54, 1.807) is 0 Å². The molecule has 0 spiro atoms. The molecule has 1 aromatic rings. The molecular formula is C13H14N2. The van der Waals surface area contributed by atoms with E-state index in [0.29, 0.717) is 0 Å². The van der Waals surface area contributed by atoms with E-state index in [0.717, 1.165) is 25.1 Å². The number of rotatable bonds is 1. The maximum absolute atomic E-state index is 8.72. The summed E-state index contributed by atoms with van der Waals surface area (Å²) in [7, 11) is 0. The zero-order chi connectivity index (χ0) is 10.7. The highest BCUT2D eigenvalue weighted by molar-refractivity contribution is 5.70. The number of nitrogens with one attached hydrogen (secondary N) is 1. The maximum Gasteiger partial charge on any atom is 0.0991 e. The van der Waals surface area contributed by atoms with E-state index in [-0.39, 0.29) is 0 Å². The van der Waals surface area contributed by atoms with Crippen LogP contribution in [0.25, 0.3) is 5.57 Å². The van der Waals surface area contributed by atoms with E-state index < -0.39 is 0 Å². The number of hydrogen-bond acceptors (Lipinski definition) is 2. The summed E-state index contributed by atoms with van der Waals surface area (Å²) in [5.41, 5.74) is 4.82. The molecule has 0 unspecified atom stereocenters. The third-order valence-corrected chi connectivity index (χ3v) is 2.82. The molecule has 0 saturated carbocycles. The van der Waals surface area contributed by atoms with Gasteiger partial charge in [0.25, 0.3) is 0 Å². The van der Waals surface area contributed by atoms with Crippen molar-refractivity contribution in [1.82, 2.24) is 5.32 Å². The Morgan fingerprint density at radius 1 is 1.27 bits per heavy atom. The van der Waals surface area contributed by atoms with Gasteiger partial charge in [0.05, 0.1) is 11.6 Å². The van der Waals surface area contributed by atoms with E-state index in [1.807, 2.05) is 24.3 Å². The molecule has 2 nitrogen and oxygen atoms in total. The minimum absolute atomic E-state index is 0.728. The van der Waals surface area contributed by atoms with Crippen molar-refractivity contribution in [2.75, 3.05) is 13.1 Å². The number of benzene rings is 1. The van der Waals surface area contributed by atoms with E-state index >= 15 is 0 Å². The van der Waals surface area contributed by atoms with Crippen LogP contribution in [0.2, 0.25) is 0 Å². The summed E-state index contributed by atoms with van der Waals surface area (Å²) in [4.78, 5) is 0. The lowest BCUT2D eigenvalue weighted by Gasteiger charge is -2.19. The Bertz CT molecular complexity index is 421. The van der Waals surface area contributed by atoms with Gasteiger partial charge in [-0.15, -0.1) is 0 Å². The molecule has 1 heterocycles. The second-order valence-electron chi connectivity index (χ2n) is 3.87. The Labute approximate surface area is 90.2 Å². The predicted octanol–water partition coefficient (Wildman–Crippen LogP) is 2.33. The van der Waals surface area contributed by atoms with Crippen LogP contribution in [0.1, 0.15) is 24.5 Å². The predicted molar refractivity (Wildman–Crippen MR) is 61.2 cm³/mol. The van der Waals surface area contributed by atoms with Crippen LogP contribution in [0.5, 0.6) is 0 Å². The van der Waals surface area contributed by atoms with Crippen molar-refractivity contribution in [1.29, 1.82) is 5.26 Å². The van der Waals surface area contributed by atoms with Gasteiger partial charge >= 0.3 is 0 Å². The molecule has 1 N–H and O–H groups in total. The highest BCUT2D eigenvalue weighted by Gasteiger charge is 2.10. The molecule has 76 valence electrons. The Morgan fingerprint density at radius 2 is 2.00 bits per heavy atom. The zero-order valence-electron chi connectivity index (χ0n) is 8.88. The van der Waals surface area contributed by atoms with Crippen LogP contribution in [0.4, 0.5) is 0 Å². The summed E-state index contributed by atoms with van der Waals surface area (Å²) in [6.07, 6.45) is 1.08. The van der Waals surface area contributed by atoms with Gasteiger partial charge in [-0.2, -0.15) is 5.26 Å². The first kappa shape index (κ1) is 9.95. The van der Waals surface area contributed by atoms with E-state index in [4.69, 9.17) is 5.26 Å². The Hall–Kier alpha value is -1.59. The molecule has 0 atom stereocenters. The van der Waals surface area contributed by atoms with Gasteiger partial charge in [0, 0.05) is 6.54 Å². The SMILES string of the molecule is CC1=C(c2ccc(C#N)cc2)CCNC1. The van der Waals surface area contributed by atoms with Crippen molar-refractivity contribution < 1.29 is 0 Å². The van der Waals surface area contributed by atoms with Gasteiger partial charge in [-0.05, 0) is 43.2 Å². The van der Waals surface area contributed by atoms with Crippen LogP contribution in [0, 0.1) is 11.3 Å². The molecule has 0 saturated heterocycles. The van der Waals surface area contributed by atoms with Gasteiger partial charge in [-0.25, -0.2) is 0 Å². The largest absolute Gasteiger partial charge is 0.313 e. The Morgan fingerprint density at radius 3 is 2.60 bits per heavy atom. The van der Waals surface area contributed by atoms with E-state index in [9.17, 15) is 0 Å². The van der Waals surface area contributed by atoms with E-state index in [1.165, 1.54) is 16.7 Å². The number of hydrogen-bond donors (Lipinski definition) is 1. The molecule has 0 amide bonds. The molecule has 0 bridgehead atoms. The van der Waals surface area contributed by atoms with Crippen LogP contribution in [0.15, 0.2) is 29.8 Å². The lowest BCUT2D eigenvalue weighted by molar-refractivity contribution is 0.714. The normalized spacial score (nSPS) is 16.3. The summed E-state index contributed by atoms with van der Waals surface area (Å²) in [5, 5.41) is 12.1. The third kappa shape index (κ3) is 2.08. The van der Waals surface area contributed by atoms with Gasteiger partial charge in [0.15, 0.2) is 0 Å². The summed E-state index contributed by atoms with van der Waals surface area (Å²) < 4.78 is 0. The first-order chi connectivity index (χ1) is 7.31. The molecule has 2 heteroatoms. The van der Waals surface area contributed by atoms with Crippen molar-refractivity contribution in [2.45, 2.75) is 13.3 Å². The van der Waals surface area contributed by atoms with Crippen LogP contribution in [-0.2, 0) is 0 Å². The fourth-order valence-corrected chi connectivity index (χ4v) is 1.95. The molecule has 1 aliphatic rings. The standard InChI is InChI=1S/C13H14N2/c1-10-9-15-7-6-13(10)12-4-2-11(8-14)3-5-12/h2-5,15H,6-7,9H2,1H3. The molecule has 0 aliphatic carbocycles. The highest BCUT2D eigenvalue weighted by Crippen LogP contribution is 2.24. The number of nitrogens with zero attached hydrogens (tertiary/aromatic N) is 1. The quantitative estimate of drug-likeness (QED) is 0.751. The minimum atomic E-state index is 0.728. The Kier molecular flexibility index (Phi) is 2.84. The summed E-state index contributed by atoms with van der Waals surface area (Å²) in [6.45, 7) is 4.20. The topological polar surface area (TPSA) is 35.8 Å². The first-order valence-electron chi connectivity index (χ1n) is 5.21. The molecule has 0 fully saturated rings. The van der Waals surface area contributed by atoms with Gasteiger partial charge in [-0.3, -0.25) is 0 Å². The van der Waals surface area contributed by atoms with Crippen molar-refractivity contribution in [3.63, 3.8) is 0 Å². The van der Waals surface area contributed by atoms with Crippen LogP contribution < -0.4 is 5.32 Å². The van der Waals surface area contributed by atoms with Crippen molar-refractivity contribution in [2.24, 2.45) is 0 Å². The molecule has 1 aliphatic heterocycles. The fraction of sp³-hybridized carbons (Fsp3) is 0.308. The molecular weight excluding hydrogens is 184 g/mol. The molecule has 0 aromatic heterocycles. The van der Waals surface area contributed by atoms with Crippen molar-refractivity contribution in [3.05, 3.63) is 41.0 Å². The second kappa shape index (κ2) is 4.29. The van der Waals surface area contributed by atoms with Crippen LogP contribution in [-0.4, -0.2) is 13.1 Å². The van der Waals surface area contributed by atoms with Crippen molar-refractivity contribution >= 4 is 5.57 Å². The van der Waals surface area contributed by atoms with Gasteiger partial charge in [0.2, 0.25) is 0 Å². The third-order valence-electron chi connectivity index (χ3n) is 2.82. The highest BCUT2D eigenvalue weighted by atomic mass is 14.9. The van der Waals surface area contributed by atoms with Gasteiger partial charge < -0.3 is 5.32 Å². The minimum Gasteiger partial charge on any atom is -0.313 e. The number of nitriles is 1. The monoisotopic (exact) mass is 198 g/mol. The lowest BCUT2D eigenvalue weighted by Crippen LogP contribution is -2.23. The maximum atomic E-state index is 8.72. The van der Waals surface area contributed by atoms with Crippen molar-refractivity contribution in [3.8, 4) is 6.07 Å².